The van der Waals surface area contributed by atoms with Crippen LogP contribution < -0.4 is 0 Å². The molecule has 1 aromatic carbocycles. The quantitative estimate of drug-likeness (QED) is 0.549. The molecule has 0 bridgehead atoms. The predicted octanol–water partition coefficient (Wildman–Crippen LogP) is 2.95. The zero-order valence-corrected chi connectivity index (χ0v) is 16.7. The lowest BCUT2D eigenvalue weighted by molar-refractivity contribution is 0.102. The Bertz CT molecular complexity index is 935. The molecule has 0 N–H and O–H groups in total. The second-order valence-electron chi connectivity index (χ2n) is 6.90. The molecule has 0 unspecified atom stereocenters. The average Bonchev–Trinajstić information content (AvgIpc) is 3.15. The maximum atomic E-state index is 12.5. The SMILES string of the molecule is Cc1cc(C)c(C(=O)CSc2nnc(C[C@@H]3CCS(=O)(=O)C3)o2)cc1C. The Morgan fingerprint density at radius 3 is 2.62 bits per heavy atom. The smallest absolute Gasteiger partial charge is 0.277 e. The second kappa shape index (κ2) is 7.52. The number of ketones is 1. The van der Waals surface area contributed by atoms with Crippen molar-refractivity contribution < 1.29 is 17.6 Å². The van der Waals surface area contributed by atoms with Crippen LogP contribution in [0.1, 0.15) is 39.4 Å². The van der Waals surface area contributed by atoms with Gasteiger partial charge in [-0.2, -0.15) is 0 Å². The number of Topliss-reactive ketones (excluding diaryl/α,β-unsaturated/α-hetero) is 1. The number of hydrogen-bond donors (Lipinski definition) is 0. The van der Waals surface area contributed by atoms with Gasteiger partial charge < -0.3 is 4.42 Å². The molecule has 0 spiro atoms. The van der Waals surface area contributed by atoms with Crippen molar-refractivity contribution in [1.29, 1.82) is 0 Å². The third-order valence-electron chi connectivity index (χ3n) is 4.71. The highest BCUT2D eigenvalue weighted by atomic mass is 32.2. The van der Waals surface area contributed by atoms with Gasteiger partial charge in [-0.15, -0.1) is 10.2 Å². The Labute approximate surface area is 157 Å². The molecule has 26 heavy (non-hydrogen) atoms. The molecule has 1 aliphatic rings. The van der Waals surface area contributed by atoms with E-state index in [1.807, 2.05) is 32.9 Å². The maximum Gasteiger partial charge on any atom is 0.277 e. The zero-order chi connectivity index (χ0) is 18.9. The summed E-state index contributed by atoms with van der Waals surface area (Å²) in [6.07, 6.45) is 1.11. The van der Waals surface area contributed by atoms with Crippen molar-refractivity contribution in [2.75, 3.05) is 17.3 Å². The molecule has 0 aliphatic carbocycles. The zero-order valence-electron chi connectivity index (χ0n) is 15.1. The van der Waals surface area contributed by atoms with E-state index in [1.54, 1.807) is 0 Å². The van der Waals surface area contributed by atoms with Gasteiger partial charge in [0, 0.05) is 12.0 Å². The van der Waals surface area contributed by atoms with Crippen LogP contribution in [-0.2, 0) is 16.3 Å². The van der Waals surface area contributed by atoms with Crippen LogP contribution in [0.3, 0.4) is 0 Å². The van der Waals surface area contributed by atoms with Crippen LogP contribution in [0.5, 0.6) is 0 Å². The van der Waals surface area contributed by atoms with Gasteiger partial charge in [-0.05, 0) is 55.9 Å². The van der Waals surface area contributed by atoms with Gasteiger partial charge in [0.1, 0.15) is 0 Å². The molecule has 8 heteroatoms. The fraction of sp³-hybridized carbons (Fsp3) is 0.500. The molecule has 3 rings (SSSR count). The Balaban J connectivity index is 1.58. The molecule has 2 aromatic rings. The van der Waals surface area contributed by atoms with E-state index < -0.39 is 9.84 Å². The first-order valence-corrected chi connectivity index (χ1v) is 11.3. The van der Waals surface area contributed by atoms with Gasteiger partial charge in [0.05, 0.1) is 17.3 Å². The van der Waals surface area contributed by atoms with E-state index in [1.165, 1.54) is 17.3 Å². The Morgan fingerprint density at radius 2 is 1.92 bits per heavy atom. The lowest BCUT2D eigenvalue weighted by Gasteiger charge is -2.08. The highest BCUT2D eigenvalue weighted by Gasteiger charge is 2.29. The summed E-state index contributed by atoms with van der Waals surface area (Å²) in [7, 11) is -2.91. The van der Waals surface area contributed by atoms with Gasteiger partial charge in [-0.25, -0.2) is 8.42 Å². The van der Waals surface area contributed by atoms with Gasteiger partial charge in [0.2, 0.25) is 5.89 Å². The molecule has 1 saturated heterocycles. The fourth-order valence-corrected chi connectivity index (χ4v) is 5.65. The average molecular weight is 395 g/mol. The van der Waals surface area contributed by atoms with Crippen LogP contribution in [0.25, 0.3) is 0 Å². The highest BCUT2D eigenvalue weighted by molar-refractivity contribution is 7.99. The molecule has 2 heterocycles. The van der Waals surface area contributed by atoms with Crippen LogP contribution in [0, 0.1) is 26.7 Å². The Hall–Kier alpha value is -1.67. The number of thioether (sulfide) groups is 1. The summed E-state index contributed by atoms with van der Waals surface area (Å²) in [5.41, 5.74) is 3.95. The van der Waals surface area contributed by atoms with Crippen LogP contribution in [0.15, 0.2) is 21.8 Å². The van der Waals surface area contributed by atoms with Crippen molar-refractivity contribution in [3.05, 3.63) is 40.3 Å². The first-order chi connectivity index (χ1) is 12.2. The van der Waals surface area contributed by atoms with E-state index in [0.717, 1.165) is 16.7 Å². The number of sulfone groups is 1. The molecule has 1 aromatic heterocycles. The van der Waals surface area contributed by atoms with Crippen molar-refractivity contribution in [3.8, 4) is 0 Å². The van der Waals surface area contributed by atoms with E-state index in [2.05, 4.69) is 10.2 Å². The molecule has 6 nitrogen and oxygen atoms in total. The normalized spacial score (nSPS) is 19.0. The first-order valence-electron chi connectivity index (χ1n) is 8.50. The summed E-state index contributed by atoms with van der Waals surface area (Å²) < 4.78 is 28.6. The third-order valence-corrected chi connectivity index (χ3v) is 7.36. The number of rotatable bonds is 6. The maximum absolute atomic E-state index is 12.5. The number of nitrogens with zero attached hydrogens (tertiary/aromatic N) is 2. The van der Waals surface area contributed by atoms with Crippen LogP contribution in [0.4, 0.5) is 0 Å². The summed E-state index contributed by atoms with van der Waals surface area (Å²) in [6, 6.07) is 3.95. The predicted molar refractivity (Wildman–Crippen MR) is 100 cm³/mol. The summed E-state index contributed by atoms with van der Waals surface area (Å²) in [4.78, 5) is 12.5. The third kappa shape index (κ3) is 4.54. The lowest BCUT2D eigenvalue weighted by Crippen LogP contribution is -2.07. The summed E-state index contributed by atoms with van der Waals surface area (Å²) >= 11 is 1.21. The molecule has 0 saturated carbocycles. The molecule has 1 atom stereocenters. The minimum absolute atomic E-state index is 0.0252. The number of hydrogen-bond acceptors (Lipinski definition) is 7. The van der Waals surface area contributed by atoms with Gasteiger partial charge >= 0.3 is 0 Å². The van der Waals surface area contributed by atoms with Gasteiger partial charge in [-0.1, -0.05) is 17.8 Å². The molecule has 1 aliphatic heterocycles. The van der Waals surface area contributed by atoms with Crippen molar-refractivity contribution in [2.24, 2.45) is 5.92 Å². The van der Waals surface area contributed by atoms with Crippen LogP contribution >= 0.6 is 11.8 Å². The molecule has 0 radical (unpaired) electrons. The number of carbonyl (C=O) groups is 1. The van der Waals surface area contributed by atoms with Gasteiger partial charge in [-0.3, -0.25) is 4.79 Å². The van der Waals surface area contributed by atoms with Crippen LogP contribution in [0.2, 0.25) is 0 Å². The number of carbonyl (C=O) groups excluding carboxylic acids is 1. The monoisotopic (exact) mass is 394 g/mol. The molecule has 140 valence electrons. The second-order valence-corrected chi connectivity index (χ2v) is 10.1. The molecule has 1 fully saturated rings. The lowest BCUT2D eigenvalue weighted by atomic mass is 9.99. The van der Waals surface area contributed by atoms with E-state index in [4.69, 9.17) is 4.42 Å². The summed E-state index contributed by atoms with van der Waals surface area (Å²) in [5, 5.41) is 8.28. The van der Waals surface area contributed by atoms with Crippen molar-refractivity contribution in [1.82, 2.24) is 10.2 Å². The van der Waals surface area contributed by atoms with E-state index >= 15 is 0 Å². The van der Waals surface area contributed by atoms with Gasteiger partial charge in [0.15, 0.2) is 15.6 Å². The number of aryl methyl sites for hydroxylation is 3. The van der Waals surface area contributed by atoms with E-state index in [0.29, 0.717) is 24.0 Å². The van der Waals surface area contributed by atoms with Crippen molar-refractivity contribution in [3.63, 3.8) is 0 Å². The van der Waals surface area contributed by atoms with Crippen LogP contribution in [-0.4, -0.2) is 41.7 Å². The fourth-order valence-electron chi connectivity index (χ4n) is 3.12. The standard InChI is InChI=1S/C18H22N2O4S2/c1-11-6-13(3)15(7-12(11)2)16(21)9-25-18-20-19-17(24-18)8-14-4-5-26(22,23)10-14/h6-7,14H,4-5,8-10H2,1-3H3/t14-/m0/s1. The van der Waals surface area contributed by atoms with Crippen molar-refractivity contribution in [2.45, 2.75) is 38.8 Å². The van der Waals surface area contributed by atoms with Crippen molar-refractivity contribution >= 4 is 27.4 Å². The first kappa shape index (κ1) is 19.1. The Kier molecular flexibility index (Phi) is 5.53. The summed E-state index contributed by atoms with van der Waals surface area (Å²) in [5.74, 6) is 1.14. The highest BCUT2D eigenvalue weighted by Crippen LogP contribution is 2.25. The molecule has 0 amide bonds. The topological polar surface area (TPSA) is 90.1 Å². The largest absolute Gasteiger partial charge is 0.416 e. The molecular weight excluding hydrogens is 372 g/mol. The van der Waals surface area contributed by atoms with E-state index in [-0.39, 0.29) is 29.0 Å². The number of benzene rings is 1. The van der Waals surface area contributed by atoms with E-state index in [9.17, 15) is 13.2 Å². The minimum Gasteiger partial charge on any atom is -0.416 e. The summed E-state index contributed by atoms with van der Waals surface area (Å²) in [6.45, 7) is 5.96. The Morgan fingerprint density at radius 1 is 1.19 bits per heavy atom. The van der Waals surface area contributed by atoms with Gasteiger partial charge in [0.25, 0.3) is 5.22 Å². The molecular formula is C18H22N2O4S2. The number of aromatic nitrogens is 2. The minimum atomic E-state index is -2.91.